The fourth-order valence-corrected chi connectivity index (χ4v) is 2.80. The normalized spacial score (nSPS) is 11.7. The van der Waals surface area contributed by atoms with Crippen LogP contribution in [0.15, 0.2) is 54.7 Å². The average molecular weight is 331 g/mol. The van der Waals surface area contributed by atoms with Gasteiger partial charge < -0.3 is 16.8 Å². The van der Waals surface area contributed by atoms with E-state index >= 15 is 0 Å². The van der Waals surface area contributed by atoms with Gasteiger partial charge in [-0.25, -0.2) is 0 Å². The summed E-state index contributed by atoms with van der Waals surface area (Å²) < 4.78 is 0. The Labute approximate surface area is 145 Å². The standard InChI is InChI=1S/C19H17N5O/c20-9-13-11-23-18-14(7-4-8-15(18)19(22)25)17(13)24-16(10-21)12-5-2-1-3-6-12/h1-8,11,16H,10,21H2,(H2,22,25)(H,23,24). The van der Waals surface area contributed by atoms with Gasteiger partial charge in [0.25, 0.3) is 5.91 Å². The maximum Gasteiger partial charge on any atom is 0.250 e. The molecule has 0 fully saturated rings. The number of amides is 1. The number of carbonyl (C=O) groups excluding carboxylic acids is 1. The quantitative estimate of drug-likeness (QED) is 0.663. The van der Waals surface area contributed by atoms with E-state index in [-0.39, 0.29) is 6.04 Å². The molecule has 0 saturated heterocycles. The zero-order valence-corrected chi connectivity index (χ0v) is 13.4. The number of nitrogens with two attached hydrogens (primary N) is 2. The van der Waals surface area contributed by atoms with Gasteiger partial charge in [-0.3, -0.25) is 9.78 Å². The van der Waals surface area contributed by atoms with Crippen LogP contribution < -0.4 is 16.8 Å². The van der Waals surface area contributed by atoms with Gasteiger partial charge in [-0.05, 0) is 11.6 Å². The molecule has 0 radical (unpaired) electrons. The molecule has 0 saturated carbocycles. The second-order valence-electron chi connectivity index (χ2n) is 5.57. The van der Waals surface area contributed by atoms with Crippen molar-refractivity contribution in [1.82, 2.24) is 4.98 Å². The fourth-order valence-electron chi connectivity index (χ4n) is 2.80. The lowest BCUT2D eigenvalue weighted by Gasteiger charge is -2.21. The van der Waals surface area contributed by atoms with Gasteiger partial charge in [-0.2, -0.15) is 5.26 Å². The van der Waals surface area contributed by atoms with Crippen molar-refractivity contribution in [3.05, 3.63) is 71.4 Å². The number of carbonyl (C=O) groups is 1. The molecule has 3 rings (SSSR count). The Kier molecular flexibility index (Phi) is 4.59. The molecule has 3 aromatic rings. The van der Waals surface area contributed by atoms with Gasteiger partial charge in [-0.15, -0.1) is 0 Å². The molecule has 0 aliphatic carbocycles. The summed E-state index contributed by atoms with van der Waals surface area (Å²) in [6.07, 6.45) is 1.44. The maximum atomic E-state index is 11.7. The molecular weight excluding hydrogens is 314 g/mol. The van der Waals surface area contributed by atoms with Gasteiger partial charge in [0.1, 0.15) is 6.07 Å². The Morgan fingerprint density at radius 2 is 1.96 bits per heavy atom. The molecule has 2 aromatic carbocycles. The Hall–Kier alpha value is -3.43. The number of rotatable bonds is 5. The number of fused-ring (bicyclic) bond motifs is 1. The van der Waals surface area contributed by atoms with E-state index in [1.54, 1.807) is 18.2 Å². The van der Waals surface area contributed by atoms with Gasteiger partial charge in [-0.1, -0.05) is 42.5 Å². The second-order valence-corrected chi connectivity index (χ2v) is 5.57. The van der Waals surface area contributed by atoms with Crippen molar-refractivity contribution in [1.29, 1.82) is 5.26 Å². The molecule has 0 bridgehead atoms. The number of aromatic nitrogens is 1. The average Bonchev–Trinajstić information content (AvgIpc) is 2.65. The summed E-state index contributed by atoms with van der Waals surface area (Å²) in [6.45, 7) is 0.341. The molecular formula is C19H17N5O. The van der Waals surface area contributed by atoms with Crippen LogP contribution in [0.4, 0.5) is 5.69 Å². The van der Waals surface area contributed by atoms with Crippen molar-refractivity contribution in [3.8, 4) is 6.07 Å². The number of nitriles is 1. The van der Waals surface area contributed by atoms with E-state index in [1.165, 1.54) is 6.20 Å². The number of pyridine rings is 1. The van der Waals surface area contributed by atoms with Crippen molar-refractivity contribution in [2.24, 2.45) is 11.5 Å². The van der Waals surface area contributed by atoms with Crippen LogP contribution in [0.25, 0.3) is 10.9 Å². The summed E-state index contributed by atoms with van der Waals surface area (Å²) in [5, 5.41) is 13.5. The number of para-hydroxylation sites is 1. The highest BCUT2D eigenvalue weighted by Gasteiger charge is 2.17. The Balaban J connectivity index is 2.15. The molecule has 0 aliphatic heterocycles. The Morgan fingerprint density at radius 3 is 2.60 bits per heavy atom. The number of nitrogens with zero attached hydrogens (tertiary/aromatic N) is 2. The number of primary amides is 1. The van der Waals surface area contributed by atoms with E-state index in [4.69, 9.17) is 11.5 Å². The van der Waals surface area contributed by atoms with Crippen LogP contribution in [0.1, 0.15) is 27.5 Å². The van der Waals surface area contributed by atoms with Crippen LogP contribution in [0.2, 0.25) is 0 Å². The van der Waals surface area contributed by atoms with Crippen LogP contribution in [0, 0.1) is 11.3 Å². The van der Waals surface area contributed by atoms with E-state index in [0.717, 1.165) is 5.56 Å². The van der Waals surface area contributed by atoms with Crippen LogP contribution >= 0.6 is 0 Å². The van der Waals surface area contributed by atoms with E-state index in [1.807, 2.05) is 30.3 Å². The first-order chi connectivity index (χ1) is 12.2. The maximum absolute atomic E-state index is 11.7. The molecule has 25 heavy (non-hydrogen) atoms. The molecule has 1 unspecified atom stereocenters. The number of hydrogen-bond acceptors (Lipinski definition) is 5. The lowest BCUT2D eigenvalue weighted by Crippen LogP contribution is -2.21. The number of benzene rings is 2. The van der Waals surface area contributed by atoms with E-state index in [2.05, 4.69) is 16.4 Å². The molecule has 1 aromatic heterocycles. The molecule has 1 atom stereocenters. The van der Waals surface area contributed by atoms with Gasteiger partial charge in [0.05, 0.1) is 28.4 Å². The fraction of sp³-hybridized carbons (Fsp3) is 0.105. The summed E-state index contributed by atoms with van der Waals surface area (Å²) in [7, 11) is 0. The lowest BCUT2D eigenvalue weighted by atomic mass is 10.0. The summed E-state index contributed by atoms with van der Waals surface area (Å²) in [5.41, 5.74) is 14.1. The third-order valence-electron chi connectivity index (χ3n) is 4.04. The third-order valence-corrected chi connectivity index (χ3v) is 4.04. The van der Waals surface area contributed by atoms with Crippen LogP contribution in [0.3, 0.4) is 0 Å². The Morgan fingerprint density at radius 1 is 1.20 bits per heavy atom. The van der Waals surface area contributed by atoms with Crippen molar-refractivity contribution in [2.45, 2.75) is 6.04 Å². The van der Waals surface area contributed by atoms with E-state index < -0.39 is 5.91 Å². The van der Waals surface area contributed by atoms with Gasteiger partial charge >= 0.3 is 0 Å². The van der Waals surface area contributed by atoms with Crippen LogP contribution in [0.5, 0.6) is 0 Å². The number of hydrogen-bond donors (Lipinski definition) is 3. The zero-order valence-electron chi connectivity index (χ0n) is 13.4. The Bertz CT molecular complexity index is 963. The molecule has 5 N–H and O–H groups in total. The van der Waals surface area contributed by atoms with Crippen LogP contribution in [-0.4, -0.2) is 17.4 Å². The zero-order chi connectivity index (χ0) is 17.8. The minimum atomic E-state index is -0.563. The molecule has 6 heteroatoms. The van der Waals surface area contributed by atoms with Gasteiger partial charge in [0.2, 0.25) is 0 Å². The molecule has 1 heterocycles. The first kappa shape index (κ1) is 16.4. The predicted molar refractivity (Wildman–Crippen MR) is 96.8 cm³/mol. The highest BCUT2D eigenvalue weighted by atomic mass is 16.1. The lowest BCUT2D eigenvalue weighted by molar-refractivity contribution is 0.100. The minimum absolute atomic E-state index is 0.184. The van der Waals surface area contributed by atoms with Crippen molar-refractivity contribution < 1.29 is 4.79 Å². The topological polar surface area (TPSA) is 118 Å². The predicted octanol–water partition coefficient (Wildman–Crippen LogP) is 2.32. The smallest absolute Gasteiger partial charge is 0.250 e. The summed E-state index contributed by atoms with van der Waals surface area (Å²) in [4.78, 5) is 15.9. The summed E-state index contributed by atoms with van der Waals surface area (Å²) in [5.74, 6) is -0.563. The van der Waals surface area contributed by atoms with Crippen molar-refractivity contribution >= 4 is 22.5 Å². The van der Waals surface area contributed by atoms with Crippen molar-refractivity contribution in [3.63, 3.8) is 0 Å². The van der Waals surface area contributed by atoms with E-state index in [0.29, 0.717) is 34.3 Å². The van der Waals surface area contributed by atoms with Gasteiger partial charge in [0.15, 0.2) is 0 Å². The van der Waals surface area contributed by atoms with Crippen molar-refractivity contribution in [2.75, 3.05) is 11.9 Å². The summed E-state index contributed by atoms with van der Waals surface area (Å²) >= 11 is 0. The van der Waals surface area contributed by atoms with Crippen LogP contribution in [-0.2, 0) is 0 Å². The highest BCUT2D eigenvalue weighted by Crippen LogP contribution is 2.30. The van der Waals surface area contributed by atoms with Gasteiger partial charge in [0, 0.05) is 18.1 Å². The summed E-state index contributed by atoms with van der Waals surface area (Å²) in [6, 6.07) is 16.8. The first-order valence-electron chi connectivity index (χ1n) is 7.79. The molecule has 1 amide bonds. The largest absolute Gasteiger partial charge is 0.375 e. The molecule has 124 valence electrons. The number of anilines is 1. The number of nitrogens with one attached hydrogen (secondary N) is 1. The molecule has 6 nitrogen and oxygen atoms in total. The second kappa shape index (κ2) is 6.99. The molecule has 0 spiro atoms. The highest BCUT2D eigenvalue weighted by molar-refractivity contribution is 6.08. The molecule has 0 aliphatic rings. The first-order valence-corrected chi connectivity index (χ1v) is 7.79. The minimum Gasteiger partial charge on any atom is -0.375 e. The van der Waals surface area contributed by atoms with E-state index in [9.17, 15) is 10.1 Å². The third kappa shape index (κ3) is 3.13. The SMILES string of the molecule is N#Cc1cnc2c(C(N)=O)cccc2c1NC(CN)c1ccccc1. The monoisotopic (exact) mass is 331 g/mol.